The van der Waals surface area contributed by atoms with Crippen LogP contribution in [0.2, 0.25) is 0 Å². The Morgan fingerprint density at radius 1 is 1.50 bits per heavy atom. The summed E-state index contributed by atoms with van der Waals surface area (Å²) in [5.74, 6) is 3.83. The molecule has 5 heteroatoms. The van der Waals surface area contributed by atoms with Crippen molar-refractivity contribution in [3.63, 3.8) is 0 Å². The van der Waals surface area contributed by atoms with Crippen molar-refractivity contribution < 1.29 is 0 Å². The van der Waals surface area contributed by atoms with Crippen molar-refractivity contribution in [3.8, 4) is 0 Å². The highest BCUT2D eigenvalue weighted by Gasteiger charge is 2.14. The Morgan fingerprint density at radius 3 is 2.86 bits per heavy atom. The fourth-order valence-electron chi connectivity index (χ4n) is 1.17. The number of rotatable bonds is 3. The molecule has 1 rings (SSSR count). The molecule has 1 aliphatic heterocycles. The van der Waals surface area contributed by atoms with Crippen LogP contribution in [-0.2, 0) is 0 Å². The van der Waals surface area contributed by atoms with Crippen LogP contribution in [-0.4, -0.2) is 40.2 Å². The standard InChI is InChI=1S/C9H18N2S3/c1-7(2)11-9(12)10-5-8-6-13-3-4-14-8/h7-8H,3-6H2,1-2H3,(H2,10,11,12). The molecule has 14 heavy (non-hydrogen) atoms. The Bertz CT molecular complexity index is 179. The van der Waals surface area contributed by atoms with Crippen molar-refractivity contribution in [2.24, 2.45) is 0 Å². The number of hydrogen-bond donors (Lipinski definition) is 2. The molecule has 82 valence electrons. The third-order valence-corrected chi connectivity index (χ3v) is 4.90. The molecule has 0 radical (unpaired) electrons. The van der Waals surface area contributed by atoms with Gasteiger partial charge in [-0.1, -0.05) is 0 Å². The monoisotopic (exact) mass is 250 g/mol. The van der Waals surface area contributed by atoms with Gasteiger partial charge >= 0.3 is 0 Å². The van der Waals surface area contributed by atoms with E-state index in [-0.39, 0.29) is 0 Å². The van der Waals surface area contributed by atoms with Gasteiger partial charge in [0.15, 0.2) is 5.11 Å². The van der Waals surface area contributed by atoms with Gasteiger partial charge in [0.05, 0.1) is 0 Å². The largest absolute Gasteiger partial charge is 0.362 e. The molecule has 0 aromatic carbocycles. The minimum Gasteiger partial charge on any atom is -0.362 e. The van der Waals surface area contributed by atoms with Crippen LogP contribution in [0.3, 0.4) is 0 Å². The summed E-state index contributed by atoms with van der Waals surface area (Å²) in [7, 11) is 0. The van der Waals surface area contributed by atoms with E-state index in [0.29, 0.717) is 6.04 Å². The van der Waals surface area contributed by atoms with Gasteiger partial charge in [0.25, 0.3) is 0 Å². The van der Waals surface area contributed by atoms with E-state index in [9.17, 15) is 0 Å². The molecule has 0 spiro atoms. The summed E-state index contributed by atoms with van der Waals surface area (Å²) in [4.78, 5) is 0. The van der Waals surface area contributed by atoms with Gasteiger partial charge in [0.2, 0.25) is 0 Å². The second-order valence-electron chi connectivity index (χ2n) is 3.58. The second kappa shape index (κ2) is 6.80. The summed E-state index contributed by atoms with van der Waals surface area (Å²) in [5, 5.41) is 7.97. The summed E-state index contributed by atoms with van der Waals surface area (Å²) in [5.41, 5.74) is 0. The fourth-order valence-corrected chi connectivity index (χ4v) is 4.11. The van der Waals surface area contributed by atoms with Crippen LogP contribution in [0, 0.1) is 0 Å². The average molecular weight is 250 g/mol. The first-order valence-electron chi connectivity index (χ1n) is 4.92. The fraction of sp³-hybridized carbons (Fsp3) is 0.889. The first-order valence-corrected chi connectivity index (χ1v) is 7.53. The van der Waals surface area contributed by atoms with Gasteiger partial charge in [-0.25, -0.2) is 0 Å². The zero-order chi connectivity index (χ0) is 10.4. The zero-order valence-electron chi connectivity index (χ0n) is 8.71. The highest BCUT2D eigenvalue weighted by Crippen LogP contribution is 2.23. The van der Waals surface area contributed by atoms with E-state index < -0.39 is 0 Å². The summed E-state index contributed by atoms with van der Waals surface area (Å²) in [6, 6.07) is 0.420. The molecular weight excluding hydrogens is 232 g/mol. The minimum atomic E-state index is 0.420. The molecule has 0 aromatic heterocycles. The Hall–Kier alpha value is 0.390. The topological polar surface area (TPSA) is 24.1 Å². The smallest absolute Gasteiger partial charge is 0.166 e. The van der Waals surface area contributed by atoms with Crippen molar-refractivity contribution in [2.75, 3.05) is 23.8 Å². The van der Waals surface area contributed by atoms with Crippen LogP contribution in [0.15, 0.2) is 0 Å². The summed E-state index contributed by atoms with van der Waals surface area (Å²) >= 11 is 9.26. The van der Waals surface area contributed by atoms with E-state index in [2.05, 4.69) is 36.2 Å². The lowest BCUT2D eigenvalue weighted by Crippen LogP contribution is -2.42. The lowest BCUT2D eigenvalue weighted by molar-refractivity contribution is 0.710. The van der Waals surface area contributed by atoms with Gasteiger partial charge in [0.1, 0.15) is 0 Å². The van der Waals surface area contributed by atoms with Gasteiger partial charge in [0, 0.05) is 35.1 Å². The van der Waals surface area contributed by atoms with E-state index in [1.54, 1.807) is 0 Å². The normalized spacial score (nSPS) is 22.1. The summed E-state index contributed by atoms with van der Waals surface area (Å²) < 4.78 is 0. The van der Waals surface area contributed by atoms with E-state index >= 15 is 0 Å². The highest BCUT2D eigenvalue weighted by atomic mass is 32.2. The van der Waals surface area contributed by atoms with Gasteiger partial charge in [-0.05, 0) is 26.1 Å². The molecule has 0 saturated carbocycles. The predicted octanol–water partition coefficient (Wildman–Crippen LogP) is 1.71. The van der Waals surface area contributed by atoms with Crippen LogP contribution in [0.5, 0.6) is 0 Å². The van der Waals surface area contributed by atoms with Crippen LogP contribution < -0.4 is 10.6 Å². The highest BCUT2D eigenvalue weighted by molar-refractivity contribution is 8.06. The molecule has 1 unspecified atom stereocenters. The molecule has 0 aromatic rings. The van der Waals surface area contributed by atoms with Crippen molar-refractivity contribution in [1.82, 2.24) is 10.6 Å². The van der Waals surface area contributed by atoms with Crippen molar-refractivity contribution in [1.29, 1.82) is 0 Å². The molecule has 1 atom stereocenters. The first kappa shape index (κ1) is 12.5. The Kier molecular flexibility index (Phi) is 6.05. The van der Waals surface area contributed by atoms with Crippen LogP contribution in [0.1, 0.15) is 13.8 Å². The molecule has 1 aliphatic rings. The molecule has 0 bridgehead atoms. The van der Waals surface area contributed by atoms with E-state index in [4.69, 9.17) is 12.2 Å². The van der Waals surface area contributed by atoms with Gasteiger partial charge < -0.3 is 10.6 Å². The minimum absolute atomic E-state index is 0.420. The van der Waals surface area contributed by atoms with Gasteiger partial charge in [-0.3, -0.25) is 0 Å². The van der Waals surface area contributed by atoms with E-state index in [1.165, 1.54) is 17.3 Å². The number of nitrogens with one attached hydrogen (secondary N) is 2. The lowest BCUT2D eigenvalue weighted by Gasteiger charge is -2.22. The Balaban J connectivity index is 2.09. The molecule has 1 heterocycles. The van der Waals surface area contributed by atoms with Crippen LogP contribution >= 0.6 is 35.7 Å². The molecular formula is C9H18N2S3. The molecule has 1 fully saturated rings. The van der Waals surface area contributed by atoms with Crippen molar-refractivity contribution in [2.45, 2.75) is 25.1 Å². The quantitative estimate of drug-likeness (QED) is 0.743. The Labute approximate surface area is 100 Å². The second-order valence-corrected chi connectivity index (χ2v) is 6.54. The third kappa shape index (κ3) is 5.32. The first-order chi connectivity index (χ1) is 6.68. The Morgan fingerprint density at radius 2 is 2.29 bits per heavy atom. The maximum absolute atomic E-state index is 5.16. The van der Waals surface area contributed by atoms with Crippen LogP contribution in [0.25, 0.3) is 0 Å². The maximum atomic E-state index is 5.16. The predicted molar refractivity (Wildman–Crippen MR) is 72.4 cm³/mol. The van der Waals surface area contributed by atoms with Crippen molar-refractivity contribution >= 4 is 40.9 Å². The molecule has 0 amide bonds. The summed E-state index contributed by atoms with van der Waals surface area (Å²) in [6.07, 6.45) is 0. The molecule has 2 nitrogen and oxygen atoms in total. The molecule has 0 aliphatic carbocycles. The molecule has 2 N–H and O–H groups in total. The number of hydrogen-bond acceptors (Lipinski definition) is 3. The number of thiocarbonyl (C=S) groups is 1. The maximum Gasteiger partial charge on any atom is 0.166 e. The van der Waals surface area contributed by atoms with E-state index in [1.807, 2.05) is 11.8 Å². The van der Waals surface area contributed by atoms with Crippen LogP contribution in [0.4, 0.5) is 0 Å². The lowest BCUT2D eigenvalue weighted by atomic mass is 10.4. The summed E-state index contributed by atoms with van der Waals surface area (Å²) in [6.45, 7) is 5.19. The average Bonchev–Trinajstić information content (AvgIpc) is 2.15. The zero-order valence-corrected chi connectivity index (χ0v) is 11.2. The third-order valence-electron chi connectivity index (χ3n) is 1.80. The molecule has 1 saturated heterocycles. The number of thioether (sulfide) groups is 2. The van der Waals surface area contributed by atoms with Gasteiger partial charge in [-0.15, -0.1) is 0 Å². The van der Waals surface area contributed by atoms with Gasteiger partial charge in [-0.2, -0.15) is 23.5 Å². The SMILES string of the molecule is CC(C)NC(=S)NCC1CSCCS1. The van der Waals surface area contributed by atoms with E-state index in [0.717, 1.165) is 16.9 Å². The van der Waals surface area contributed by atoms with Crippen molar-refractivity contribution in [3.05, 3.63) is 0 Å².